The van der Waals surface area contributed by atoms with Crippen molar-refractivity contribution in [2.24, 2.45) is 12.5 Å². The van der Waals surface area contributed by atoms with Gasteiger partial charge in [-0.3, -0.25) is 4.79 Å². The first kappa shape index (κ1) is 11.6. The third-order valence-electron chi connectivity index (χ3n) is 3.25. The highest BCUT2D eigenvalue weighted by Crippen LogP contribution is 2.38. The van der Waals surface area contributed by atoms with Crippen LogP contribution >= 0.6 is 11.3 Å². The highest BCUT2D eigenvalue weighted by molar-refractivity contribution is 7.17. The molecule has 0 atom stereocenters. The molecule has 5 heteroatoms. The molecular weight excluding hydrogens is 246 g/mol. The molecule has 1 aliphatic rings. The molecule has 1 aliphatic carbocycles. The van der Waals surface area contributed by atoms with Crippen LogP contribution in [0, 0.1) is 5.41 Å². The average molecular weight is 261 g/mol. The van der Waals surface area contributed by atoms with Crippen LogP contribution in [0.5, 0.6) is 0 Å². The van der Waals surface area contributed by atoms with Crippen LogP contribution in [-0.4, -0.2) is 20.3 Å². The summed E-state index contributed by atoms with van der Waals surface area (Å²) in [7, 11) is 1.94. The van der Waals surface area contributed by atoms with Crippen LogP contribution in [-0.2, 0) is 13.5 Å². The van der Waals surface area contributed by atoms with E-state index in [0.717, 1.165) is 27.8 Å². The number of imidazole rings is 1. The first-order valence-corrected chi connectivity index (χ1v) is 6.78. The van der Waals surface area contributed by atoms with Gasteiger partial charge in [0, 0.05) is 25.9 Å². The first-order chi connectivity index (χ1) is 8.46. The fourth-order valence-corrected chi connectivity index (χ4v) is 3.45. The van der Waals surface area contributed by atoms with Gasteiger partial charge in [-0.15, -0.1) is 11.3 Å². The molecule has 2 heterocycles. The second-order valence-corrected chi connectivity index (χ2v) is 6.60. The maximum absolute atomic E-state index is 12.1. The van der Waals surface area contributed by atoms with Gasteiger partial charge in [0.25, 0.3) is 0 Å². The van der Waals surface area contributed by atoms with Gasteiger partial charge in [-0.2, -0.15) is 0 Å². The van der Waals surface area contributed by atoms with E-state index in [1.807, 2.05) is 17.8 Å². The third-order valence-corrected chi connectivity index (χ3v) is 4.38. The minimum Gasteiger partial charge on any atom is -0.332 e. The molecule has 0 aliphatic heterocycles. The Bertz CT molecular complexity index is 624. The number of Topliss-reactive ketones (excluding diaryl/α,β-unsaturated/α-hetero) is 1. The lowest BCUT2D eigenvalue weighted by molar-refractivity contribution is 0.0916. The van der Waals surface area contributed by atoms with Crippen LogP contribution in [0.4, 0.5) is 0 Å². The summed E-state index contributed by atoms with van der Waals surface area (Å²) >= 11 is 1.47. The number of nitrogens with zero attached hydrogens (tertiary/aromatic N) is 3. The average Bonchev–Trinajstić information content (AvgIpc) is 2.82. The quantitative estimate of drug-likeness (QED) is 0.793. The van der Waals surface area contributed by atoms with Gasteiger partial charge >= 0.3 is 0 Å². The van der Waals surface area contributed by atoms with Crippen LogP contribution in [0.1, 0.15) is 35.6 Å². The zero-order valence-corrected chi connectivity index (χ0v) is 11.5. The predicted molar refractivity (Wildman–Crippen MR) is 70.7 cm³/mol. The van der Waals surface area contributed by atoms with E-state index in [0.29, 0.717) is 6.42 Å². The highest BCUT2D eigenvalue weighted by atomic mass is 32.1. The second-order valence-electron chi connectivity index (χ2n) is 5.60. The lowest BCUT2D eigenvalue weighted by Gasteiger charge is -2.26. The second kappa shape index (κ2) is 3.75. The van der Waals surface area contributed by atoms with E-state index in [-0.39, 0.29) is 11.2 Å². The number of aromatic nitrogens is 3. The fourth-order valence-electron chi connectivity index (χ4n) is 2.39. The first-order valence-electron chi connectivity index (χ1n) is 5.97. The number of hydrogen-bond donors (Lipinski definition) is 0. The Kier molecular flexibility index (Phi) is 2.41. The molecule has 3 rings (SSSR count). The molecule has 2 aromatic heterocycles. The summed E-state index contributed by atoms with van der Waals surface area (Å²) < 4.78 is 1.93. The van der Waals surface area contributed by atoms with Crippen molar-refractivity contribution in [1.82, 2.24) is 14.5 Å². The molecule has 18 heavy (non-hydrogen) atoms. The molecule has 0 saturated carbocycles. The number of fused-ring (bicyclic) bond motifs is 1. The molecule has 4 nitrogen and oxygen atoms in total. The smallest absolute Gasteiger partial charge is 0.175 e. The molecule has 0 aromatic carbocycles. The number of aryl methyl sites for hydroxylation is 1. The molecule has 0 bridgehead atoms. The Labute approximate surface area is 110 Å². The van der Waals surface area contributed by atoms with Gasteiger partial charge in [0.1, 0.15) is 0 Å². The number of hydrogen-bond acceptors (Lipinski definition) is 4. The van der Waals surface area contributed by atoms with Gasteiger partial charge in [-0.05, 0) is 11.8 Å². The molecular formula is C13H15N3OS. The van der Waals surface area contributed by atoms with E-state index < -0.39 is 0 Å². The minimum absolute atomic E-state index is 0.0249. The summed E-state index contributed by atoms with van der Waals surface area (Å²) in [5.74, 6) is 1.05. The van der Waals surface area contributed by atoms with Gasteiger partial charge in [0.15, 0.2) is 16.6 Å². The van der Waals surface area contributed by atoms with Gasteiger partial charge in [-0.25, -0.2) is 9.97 Å². The normalized spacial score (nSPS) is 17.8. The molecule has 0 unspecified atom stereocenters. The Hall–Kier alpha value is -1.49. The topological polar surface area (TPSA) is 47.8 Å². The zero-order chi connectivity index (χ0) is 12.9. The predicted octanol–water partition coefficient (Wildman–Crippen LogP) is 2.70. The Morgan fingerprint density at radius 2 is 2.17 bits per heavy atom. The van der Waals surface area contributed by atoms with Gasteiger partial charge in [-0.1, -0.05) is 13.8 Å². The zero-order valence-electron chi connectivity index (χ0n) is 10.7. The van der Waals surface area contributed by atoms with E-state index in [1.54, 1.807) is 6.20 Å². The lowest BCUT2D eigenvalue weighted by atomic mass is 9.78. The minimum atomic E-state index is 0.0249. The van der Waals surface area contributed by atoms with Crippen LogP contribution in [0.3, 0.4) is 0 Å². The number of carbonyl (C=O) groups excluding carboxylic acids is 1. The summed E-state index contributed by atoms with van der Waals surface area (Å²) in [4.78, 5) is 21.8. The van der Waals surface area contributed by atoms with Gasteiger partial charge < -0.3 is 4.57 Å². The third kappa shape index (κ3) is 1.79. The molecule has 0 spiro atoms. The van der Waals surface area contributed by atoms with Crippen molar-refractivity contribution in [3.05, 3.63) is 23.0 Å². The van der Waals surface area contributed by atoms with Gasteiger partial charge in [0.05, 0.1) is 10.6 Å². The van der Waals surface area contributed by atoms with Crippen LogP contribution in [0.2, 0.25) is 0 Å². The molecule has 94 valence electrons. The van der Waals surface area contributed by atoms with Crippen molar-refractivity contribution >= 4 is 17.1 Å². The lowest BCUT2D eigenvalue weighted by Crippen LogP contribution is -2.25. The number of carbonyl (C=O) groups is 1. The van der Waals surface area contributed by atoms with E-state index in [4.69, 9.17) is 0 Å². The van der Waals surface area contributed by atoms with Crippen molar-refractivity contribution in [3.63, 3.8) is 0 Å². The number of thiazole rings is 1. The standard InChI is InChI=1S/C13H15N3OS/c1-13(2)6-8-10(9(17)7-13)18-12(15-8)11-14-4-5-16(11)3/h4-5H,6-7H2,1-3H3. The van der Waals surface area contributed by atoms with Crippen molar-refractivity contribution < 1.29 is 4.79 Å². The van der Waals surface area contributed by atoms with Crippen molar-refractivity contribution in [2.75, 3.05) is 0 Å². The summed E-state index contributed by atoms with van der Waals surface area (Å²) in [6.45, 7) is 4.24. The van der Waals surface area contributed by atoms with E-state index >= 15 is 0 Å². The van der Waals surface area contributed by atoms with E-state index in [9.17, 15) is 4.79 Å². The SMILES string of the molecule is Cn1ccnc1-c1nc2c(s1)C(=O)CC(C)(C)C2. The Balaban J connectivity index is 2.08. The van der Waals surface area contributed by atoms with Crippen LogP contribution in [0.25, 0.3) is 10.8 Å². The summed E-state index contributed by atoms with van der Waals surface area (Å²) in [6, 6.07) is 0. The Morgan fingerprint density at radius 1 is 1.39 bits per heavy atom. The molecule has 2 aromatic rings. The largest absolute Gasteiger partial charge is 0.332 e. The molecule has 0 saturated heterocycles. The maximum Gasteiger partial charge on any atom is 0.175 e. The van der Waals surface area contributed by atoms with Crippen LogP contribution < -0.4 is 0 Å². The molecule has 0 N–H and O–H groups in total. The summed E-state index contributed by atoms with van der Waals surface area (Å²) in [6.07, 6.45) is 5.13. The summed E-state index contributed by atoms with van der Waals surface area (Å²) in [5.41, 5.74) is 0.969. The van der Waals surface area contributed by atoms with Crippen molar-refractivity contribution in [3.8, 4) is 10.8 Å². The number of rotatable bonds is 1. The summed E-state index contributed by atoms with van der Waals surface area (Å²) in [5, 5.41) is 0.846. The maximum atomic E-state index is 12.1. The monoisotopic (exact) mass is 261 g/mol. The fraction of sp³-hybridized carbons (Fsp3) is 0.462. The van der Waals surface area contributed by atoms with Crippen molar-refractivity contribution in [1.29, 1.82) is 0 Å². The molecule has 0 radical (unpaired) electrons. The molecule has 0 fully saturated rings. The van der Waals surface area contributed by atoms with E-state index in [1.165, 1.54) is 11.3 Å². The van der Waals surface area contributed by atoms with Gasteiger partial charge in [0.2, 0.25) is 0 Å². The Morgan fingerprint density at radius 3 is 2.83 bits per heavy atom. The van der Waals surface area contributed by atoms with Crippen molar-refractivity contribution in [2.45, 2.75) is 26.7 Å². The van der Waals surface area contributed by atoms with Crippen LogP contribution in [0.15, 0.2) is 12.4 Å². The van der Waals surface area contributed by atoms with E-state index in [2.05, 4.69) is 23.8 Å². The highest BCUT2D eigenvalue weighted by Gasteiger charge is 2.34. The molecule has 0 amide bonds. The number of ketones is 1.